The minimum atomic E-state index is 0.509. The van der Waals surface area contributed by atoms with Crippen molar-refractivity contribution in [3.8, 4) is 0 Å². The Balaban J connectivity index is 2.04. The monoisotopic (exact) mass is 192 g/mol. The van der Waals surface area contributed by atoms with E-state index in [4.69, 9.17) is 11.6 Å². The predicted octanol–water partition coefficient (Wildman–Crippen LogP) is 3.70. The molecule has 1 heteroatoms. The topological polar surface area (TPSA) is 0 Å². The van der Waals surface area contributed by atoms with Crippen LogP contribution in [0.5, 0.6) is 0 Å². The third kappa shape index (κ3) is 0.927. The SMILES string of the molecule is Cc1ccc(C23CC(C2)C3)c(Cl)c1. The van der Waals surface area contributed by atoms with Gasteiger partial charge in [0.15, 0.2) is 0 Å². The Morgan fingerprint density at radius 1 is 1.31 bits per heavy atom. The van der Waals surface area contributed by atoms with Crippen LogP contribution in [0.25, 0.3) is 0 Å². The minimum Gasteiger partial charge on any atom is -0.0840 e. The van der Waals surface area contributed by atoms with Crippen molar-refractivity contribution in [2.45, 2.75) is 31.6 Å². The maximum absolute atomic E-state index is 6.25. The maximum Gasteiger partial charge on any atom is 0.0446 e. The van der Waals surface area contributed by atoms with Crippen molar-refractivity contribution < 1.29 is 0 Å². The van der Waals surface area contributed by atoms with Crippen molar-refractivity contribution >= 4 is 11.6 Å². The molecule has 3 saturated carbocycles. The Morgan fingerprint density at radius 3 is 2.46 bits per heavy atom. The number of rotatable bonds is 1. The van der Waals surface area contributed by atoms with Gasteiger partial charge < -0.3 is 0 Å². The van der Waals surface area contributed by atoms with Gasteiger partial charge in [0.25, 0.3) is 0 Å². The van der Waals surface area contributed by atoms with Gasteiger partial charge in [0.05, 0.1) is 0 Å². The quantitative estimate of drug-likeness (QED) is 0.637. The lowest BCUT2D eigenvalue weighted by atomic mass is 9.42. The molecule has 0 unspecified atom stereocenters. The predicted molar refractivity (Wildman–Crippen MR) is 55.2 cm³/mol. The molecular weight excluding hydrogens is 180 g/mol. The zero-order valence-corrected chi connectivity index (χ0v) is 8.56. The molecule has 1 aromatic rings. The fourth-order valence-electron chi connectivity index (χ4n) is 2.86. The summed E-state index contributed by atoms with van der Waals surface area (Å²) in [4.78, 5) is 0. The Bertz CT molecular complexity index is 350. The second-order valence-corrected chi connectivity index (χ2v) is 5.15. The van der Waals surface area contributed by atoms with E-state index in [0.717, 1.165) is 10.9 Å². The molecular formula is C12H13Cl. The maximum atomic E-state index is 6.25. The molecule has 3 fully saturated rings. The highest BCUT2D eigenvalue weighted by atomic mass is 35.5. The molecule has 0 amide bonds. The van der Waals surface area contributed by atoms with Crippen molar-refractivity contribution in [2.24, 2.45) is 5.92 Å². The zero-order chi connectivity index (χ0) is 9.05. The van der Waals surface area contributed by atoms with E-state index in [1.807, 2.05) is 0 Å². The number of aryl methyl sites for hydroxylation is 1. The summed E-state index contributed by atoms with van der Waals surface area (Å²) in [5.41, 5.74) is 3.18. The average Bonchev–Trinajstić information content (AvgIpc) is 1.88. The van der Waals surface area contributed by atoms with Crippen LogP contribution in [0.2, 0.25) is 5.02 Å². The number of hydrogen-bond acceptors (Lipinski definition) is 0. The molecule has 3 aliphatic carbocycles. The summed E-state index contributed by atoms with van der Waals surface area (Å²) in [6, 6.07) is 6.51. The average molecular weight is 193 g/mol. The van der Waals surface area contributed by atoms with Crippen molar-refractivity contribution in [2.75, 3.05) is 0 Å². The molecule has 0 saturated heterocycles. The van der Waals surface area contributed by atoms with E-state index < -0.39 is 0 Å². The van der Waals surface area contributed by atoms with Crippen LogP contribution in [0.1, 0.15) is 30.4 Å². The van der Waals surface area contributed by atoms with Crippen molar-refractivity contribution in [3.63, 3.8) is 0 Å². The first-order valence-corrected chi connectivity index (χ1v) is 5.34. The summed E-state index contributed by atoms with van der Waals surface area (Å²) in [6.07, 6.45) is 4.15. The number of hydrogen-bond donors (Lipinski definition) is 0. The van der Waals surface area contributed by atoms with Crippen molar-refractivity contribution in [3.05, 3.63) is 34.3 Å². The van der Waals surface area contributed by atoms with Gasteiger partial charge in [-0.1, -0.05) is 23.7 Å². The summed E-state index contributed by atoms with van der Waals surface area (Å²) in [5.74, 6) is 1.03. The first-order valence-electron chi connectivity index (χ1n) is 4.96. The summed E-state index contributed by atoms with van der Waals surface area (Å²) in [5, 5.41) is 0.984. The number of benzene rings is 1. The first kappa shape index (κ1) is 7.87. The molecule has 0 radical (unpaired) electrons. The zero-order valence-electron chi connectivity index (χ0n) is 7.81. The summed E-state index contributed by atoms with van der Waals surface area (Å²) in [6.45, 7) is 2.09. The number of halogens is 1. The van der Waals surface area contributed by atoms with Crippen molar-refractivity contribution in [1.29, 1.82) is 0 Å². The van der Waals surface area contributed by atoms with Gasteiger partial charge in [-0.3, -0.25) is 0 Å². The molecule has 0 heterocycles. The van der Waals surface area contributed by atoms with Crippen LogP contribution in [0.4, 0.5) is 0 Å². The molecule has 2 bridgehead atoms. The summed E-state index contributed by atoms with van der Waals surface area (Å²) >= 11 is 6.25. The third-order valence-electron chi connectivity index (χ3n) is 3.73. The van der Waals surface area contributed by atoms with E-state index in [1.54, 1.807) is 0 Å². The largest absolute Gasteiger partial charge is 0.0840 e. The summed E-state index contributed by atoms with van der Waals surface area (Å²) < 4.78 is 0. The van der Waals surface area contributed by atoms with Gasteiger partial charge >= 0.3 is 0 Å². The molecule has 68 valence electrons. The smallest absolute Gasteiger partial charge is 0.0446 e. The van der Waals surface area contributed by atoms with Crippen LogP contribution in [0, 0.1) is 12.8 Å². The standard InChI is InChI=1S/C12H13Cl/c1-8-2-3-10(11(13)4-8)12-5-9(6-12)7-12/h2-4,9H,5-7H2,1H3. The normalized spacial score (nSPS) is 35.1. The first-order chi connectivity index (χ1) is 6.20. The Hall–Kier alpha value is -0.490. The van der Waals surface area contributed by atoms with E-state index in [2.05, 4.69) is 25.1 Å². The molecule has 0 aromatic heterocycles. The lowest BCUT2D eigenvalue weighted by molar-refractivity contribution is -0.0273. The third-order valence-corrected chi connectivity index (χ3v) is 4.05. The molecule has 0 atom stereocenters. The van der Waals surface area contributed by atoms with Gasteiger partial charge in [0.2, 0.25) is 0 Å². The molecule has 0 nitrogen and oxygen atoms in total. The molecule has 0 N–H and O–H groups in total. The lowest BCUT2D eigenvalue weighted by Gasteiger charge is -2.62. The molecule has 4 rings (SSSR count). The van der Waals surface area contributed by atoms with Crippen LogP contribution in [0.15, 0.2) is 18.2 Å². The molecule has 0 spiro atoms. The molecule has 13 heavy (non-hydrogen) atoms. The van der Waals surface area contributed by atoms with Gasteiger partial charge in [0, 0.05) is 5.02 Å². The van der Waals surface area contributed by atoms with Crippen LogP contribution < -0.4 is 0 Å². The van der Waals surface area contributed by atoms with Crippen molar-refractivity contribution in [1.82, 2.24) is 0 Å². The lowest BCUT2D eigenvalue weighted by Crippen LogP contribution is -2.55. The second kappa shape index (κ2) is 2.30. The van der Waals surface area contributed by atoms with Crippen LogP contribution >= 0.6 is 11.6 Å². The fraction of sp³-hybridized carbons (Fsp3) is 0.500. The molecule has 0 aliphatic heterocycles. The highest BCUT2D eigenvalue weighted by molar-refractivity contribution is 6.31. The Kier molecular flexibility index (Phi) is 1.39. The van der Waals surface area contributed by atoms with Gasteiger partial charge in [0.1, 0.15) is 0 Å². The van der Waals surface area contributed by atoms with Crippen LogP contribution in [0.3, 0.4) is 0 Å². The van der Waals surface area contributed by atoms with Crippen LogP contribution in [-0.4, -0.2) is 0 Å². The van der Waals surface area contributed by atoms with Gasteiger partial charge in [-0.2, -0.15) is 0 Å². The van der Waals surface area contributed by atoms with E-state index in [9.17, 15) is 0 Å². The minimum absolute atomic E-state index is 0.509. The van der Waals surface area contributed by atoms with E-state index in [1.165, 1.54) is 30.4 Å². The molecule has 3 aliphatic rings. The van der Waals surface area contributed by atoms with Gasteiger partial charge in [-0.05, 0) is 54.7 Å². The Morgan fingerprint density at radius 2 is 2.00 bits per heavy atom. The fourth-order valence-corrected chi connectivity index (χ4v) is 3.29. The van der Waals surface area contributed by atoms with E-state index in [-0.39, 0.29) is 0 Å². The van der Waals surface area contributed by atoms with Gasteiger partial charge in [-0.15, -0.1) is 0 Å². The molecule has 1 aromatic carbocycles. The second-order valence-electron chi connectivity index (χ2n) is 4.74. The van der Waals surface area contributed by atoms with Gasteiger partial charge in [-0.25, -0.2) is 0 Å². The van der Waals surface area contributed by atoms with E-state index in [0.29, 0.717) is 5.41 Å². The Labute approximate surface area is 83.9 Å². The van der Waals surface area contributed by atoms with Crippen LogP contribution in [-0.2, 0) is 5.41 Å². The highest BCUT2D eigenvalue weighted by Crippen LogP contribution is 2.66. The van der Waals surface area contributed by atoms with E-state index >= 15 is 0 Å². The summed E-state index contributed by atoms with van der Waals surface area (Å²) in [7, 11) is 0. The highest BCUT2D eigenvalue weighted by Gasteiger charge is 2.57.